The van der Waals surface area contributed by atoms with E-state index in [0.29, 0.717) is 16.5 Å². The van der Waals surface area contributed by atoms with E-state index in [4.69, 9.17) is 11.6 Å². The summed E-state index contributed by atoms with van der Waals surface area (Å²) >= 11 is 5.68. The molecule has 0 aliphatic heterocycles. The molecule has 17 heavy (non-hydrogen) atoms. The molecule has 0 amide bonds. The molecular formula is C9H9ClN4O2S. The maximum Gasteiger partial charge on any atom is 0.279 e. The minimum atomic E-state index is -3.66. The van der Waals surface area contributed by atoms with E-state index in [1.54, 1.807) is 13.0 Å². The number of hydrogen-bond acceptors (Lipinski definition) is 4. The molecule has 0 atom stereocenters. The summed E-state index contributed by atoms with van der Waals surface area (Å²) in [7, 11) is -3.66. The summed E-state index contributed by atoms with van der Waals surface area (Å²) in [4.78, 5) is 10.1. The van der Waals surface area contributed by atoms with Crippen LogP contribution >= 0.6 is 11.6 Å². The average Bonchev–Trinajstić information content (AvgIpc) is 2.76. The Kier molecular flexibility index (Phi) is 3.03. The van der Waals surface area contributed by atoms with Crippen molar-refractivity contribution in [2.75, 3.05) is 4.72 Å². The Morgan fingerprint density at radius 2 is 2.18 bits per heavy atom. The lowest BCUT2D eigenvalue weighted by atomic mass is 10.3. The van der Waals surface area contributed by atoms with Gasteiger partial charge in [0.05, 0.1) is 23.9 Å². The van der Waals surface area contributed by atoms with Crippen LogP contribution in [0.25, 0.3) is 0 Å². The Balaban J connectivity index is 2.33. The van der Waals surface area contributed by atoms with Crippen LogP contribution in [0.3, 0.4) is 0 Å². The highest BCUT2D eigenvalue weighted by Gasteiger charge is 2.16. The second-order valence-electron chi connectivity index (χ2n) is 3.29. The number of sulfonamides is 1. The molecule has 2 heterocycles. The quantitative estimate of drug-likeness (QED) is 0.830. The normalized spacial score (nSPS) is 11.4. The summed E-state index contributed by atoms with van der Waals surface area (Å²) in [6, 6.07) is 3.07. The summed E-state index contributed by atoms with van der Waals surface area (Å²) in [5.74, 6) is 0. The number of aromatic nitrogens is 3. The van der Waals surface area contributed by atoms with E-state index >= 15 is 0 Å². The summed E-state index contributed by atoms with van der Waals surface area (Å²) in [6.07, 6.45) is 2.52. The molecule has 2 aromatic rings. The van der Waals surface area contributed by atoms with Gasteiger partial charge in [0.25, 0.3) is 10.0 Å². The predicted molar refractivity (Wildman–Crippen MR) is 63.4 cm³/mol. The van der Waals surface area contributed by atoms with Crippen LogP contribution in [0.2, 0.25) is 5.15 Å². The number of rotatable bonds is 3. The summed E-state index contributed by atoms with van der Waals surface area (Å²) in [5.41, 5.74) is 0.879. The fourth-order valence-corrected chi connectivity index (χ4v) is 2.44. The molecule has 8 heteroatoms. The lowest BCUT2D eigenvalue weighted by Gasteiger charge is -2.08. The van der Waals surface area contributed by atoms with Crippen LogP contribution in [0.1, 0.15) is 5.69 Å². The highest BCUT2D eigenvalue weighted by molar-refractivity contribution is 7.92. The minimum Gasteiger partial charge on any atom is -0.334 e. The van der Waals surface area contributed by atoms with Gasteiger partial charge < -0.3 is 4.98 Å². The number of halogens is 1. The zero-order chi connectivity index (χ0) is 12.5. The predicted octanol–water partition coefficient (Wildman–Crippen LogP) is 1.57. The zero-order valence-electron chi connectivity index (χ0n) is 8.81. The number of anilines is 1. The first kappa shape index (κ1) is 11.9. The first-order valence-electron chi connectivity index (χ1n) is 4.63. The molecule has 2 N–H and O–H groups in total. The molecule has 0 unspecified atom stereocenters. The average molecular weight is 273 g/mol. The van der Waals surface area contributed by atoms with Crippen molar-refractivity contribution in [3.63, 3.8) is 0 Å². The van der Waals surface area contributed by atoms with Crippen LogP contribution in [0.15, 0.2) is 29.7 Å². The monoisotopic (exact) mass is 272 g/mol. The van der Waals surface area contributed by atoms with Gasteiger partial charge in [0, 0.05) is 0 Å². The molecule has 2 rings (SSSR count). The fourth-order valence-electron chi connectivity index (χ4n) is 1.23. The fraction of sp³-hybridized carbons (Fsp3) is 0.111. The van der Waals surface area contributed by atoms with E-state index in [1.807, 2.05) is 0 Å². The van der Waals surface area contributed by atoms with Gasteiger partial charge in [-0.1, -0.05) is 11.6 Å². The van der Waals surface area contributed by atoms with Crippen molar-refractivity contribution < 1.29 is 8.42 Å². The number of H-pyrrole nitrogens is 1. The van der Waals surface area contributed by atoms with Gasteiger partial charge >= 0.3 is 0 Å². The molecule has 0 fully saturated rings. The molecule has 0 bridgehead atoms. The molecule has 0 aliphatic rings. The first-order valence-corrected chi connectivity index (χ1v) is 6.49. The van der Waals surface area contributed by atoms with Crippen molar-refractivity contribution in [3.05, 3.63) is 35.5 Å². The molecule has 2 aromatic heterocycles. The standard InChI is InChI=1S/C9H9ClN4O2S/c1-6-7(2-3-8(10)13-6)14-17(15,16)9-4-11-5-12-9/h2-5,14H,1H3,(H,11,12). The lowest BCUT2D eigenvalue weighted by molar-refractivity contribution is 0.598. The number of nitrogens with zero attached hydrogens (tertiary/aromatic N) is 2. The Morgan fingerprint density at radius 1 is 1.41 bits per heavy atom. The Bertz CT molecular complexity index is 624. The molecule has 0 aliphatic carbocycles. The van der Waals surface area contributed by atoms with Gasteiger partial charge in [-0.25, -0.2) is 9.97 Å². The molecule has 0 saturated carbocycles. The molecular weight excluding hydrogens is 264 g/mol. The van der Waals surface area contributed by atoms with E-state index in [-0.39, 0.29) is 5.03 Å². The van der Waals surface area contributed by atoms with Gasteiger partial charge in [-0.05, 0) is 19.1 Å². The summed E-state index contributed by atoms with van der Waals surface area (Å²) < 4.78 is 26.1. The van der Waals surface area contributed by atoms with E-state index in [0.717, 1.165) is 0 Å². The van der Waals surface area contributed by atoms with Crippen LogP contribution in [0, 0.1) is 6.92 Å². The number of aromatic amines is 1. The largest absolute Gasteiger partial charge is 0.334 e. The van der Waals surface area contributed by atoms with E-state index in [1.165, 1.54) is 18.6 Å². The molecule has 6 nitrogen and oxygen atoms in total. The number of pyridine rings is 1. The molecule has 0 spiro atoms. The van der Waals surface area contributed by atoms with Gasteiger partial charge in [0.1, 0.15) is 5.15 Å². The smallest absolute Gasteiger partial charge is 0.279 e. The van der Waals surface area contributed by atoms with Gasteiger partial charge in [-0.3, -0.25) is 4.72 Å². The Labute approximate surface area is 103 Å². The van der Waals surface area contributed by atoms with Crippen molar-refractivity contribution in [2.45, 2.75) is 11.9 Å². The van der Waals surface area contributed by atoms with Gasteiger partial charge in [0.15, 0.2) is 5.03 Å². The molecule has 0 saturated heterocycles. The van der Waals surface area contributed by atoms with E-state index in [2.05, 4.69) is 19.7 Å². The third-order valence-corrected chi connectivity index (χ3v) is 3.56. The SMILES string of the molecule is Cc1nc(Cl)ccc1NS(=O)(=O)c1cnc[nH]1. The Hall–Kier alpha value is -1.60. The van der Waals surface area contributed by atoms with Crippen molar-refractivity contribution in [2.24, 2.45) is 0 Å². The highest BCUT2D eigenvalue weighted by atomic mass is 35.5. The van der Waals surface area contributed by atoms with E-state index in [9.17, 15) is 8.42 Å². The number of aryl methyl sites for hydroxylation is 1. The van der Waals surface area contributed by atoms with Crippen molar-refractivity contribution in [1.29, 1.82) is 0 Å². The van der Waals surface area contributed by atoms with E-state index < -0.39 is 10.0 Å². The summed E-state index contributed by atoms with van der Waals surface area (Å²) in [6.45, 7) is 1.66. The van der Waals surface area contributed by atoms with Crippen LogP contribution in [0.5, 0.6) is 0 Å². The maximum atomic E-state index is 11.9. The molecule has 0 aromatic carbocycles. The molecule has 0 radical (unpaired) electrons. The van der Waals surface area contributed by atoms with Crippen LogP contribution in [-0.2, 0) is 10.0 Å². The first-order chi connectivity index (χ1) is 7.99. The van der Waals surface area contributed by atoms with Crippen LogP contribution in [0.4, 0.5) is 5.69 Å². The second kappa shape index (κ2) is 4.34. The minimum absolute atomic E-state index is 0.00755. The van der Waals surface area contributed by atoms with Gasteiger partial charge in [-0.2, -0.15) is 8.42 Å². The second-order valence-corrected chi connectivity index (χ2v) is 5.33. The third-order valence-electron chi connectivity index (χ3n) is 2.06. The van der Waals surface area contributed by atoms with Crippen molar-refractivity contribution in [3.8, 4) is 0 Å². The van der Waals surface area contributed by atoms with Gasteiger partial charge in [0.2, 0.25) is 0 Å². The molecule has 90 valence electrons. The van der Waals surface area contributed by atoms with Crippen molar-refractivity contribution >= 4 is 27.3 Å². The van der Waals surface area contributed by atoms with Gasteiger partial charge in [-0.15, -0.1) is 0 Å². The Morgan fingerprint density at radius 3 is 2.76 bits per heavy atom. The van der Waals surface area contributed by atoms with Crippen LogP contribution < -0.4 is 4.72 Å². The summed E-state index contributed by atoms with van der Waals surface area (Å²) in [5, 5.41) is 0.304. The number of imidazole rings is 1. The number of hydrogen-bond donors (Lipinski definition) is 2. The number of nitrogens with one attached hydrogen (secondary N) is 2. The highest BCUT2D eigenvalue weighted by Crippen LogP contribution is 2.18. The zero-order valence-corrected chi connectivity index (χ0v) is 10.4. The third kappa shape index (κ3) is 2.56. The van der Waals surface area contributed by atoms with Crippen molar-refractivity contribution in [1.82, 2.24) is 15.0 Å². The lowest BCUT2D eigenvalue weighted by Crippen LogP contribution is -2.14. The maximum absolute atomic E-state index is 11.9. The van der Waals surface area contributed by atoms with Crippen LogP contribution in [-0.4, -0.2) is 23.4 Å². The topological polar surface area (TPSA) is 87.7 Å².